The van der Waals surface area contributed by atoms with Gasteiger partial charge in [0, 0.05) is 36.6 Å². The number of hydrogen-bond donors (Lipinski definition) is 1. The van der Waals surface area contributed by atoms with Crippen molar-refractivity contribution in [3.63, 3.8) is 0 Å². The van der Waals surface area contributed by atoms with Crippen LogP contribution in [-0.2, 0) is 11.3 Å². The summed E-state index contributed by atoms with van der Waals surface area (Å²) < 4.78 is 5.15. The molecule has 5 nitrogen and oxygen atoms in total. The zero-order valence-electron chi connectivity index (χ0n) is 16.7. The van der Waals surface area contributed by atoms with E-state index in [-0.39, 0.29) is 11.8 Å². The normalized spacial score (nSPS) is 16.3. The van der Waals surface area contributed by atoms with Crippen molar-refractivity contribution >= 4 is 23.4 Å². The van der Waals surface area contributed by atoms with Crippen LogP contribution in [0, 0.1) is 5.92 Å². The summed E-state index contributed by atoms with van der Waals surface area (Å²) in [4.78, 5) is 26.9. The van der Waals surface area contributed by atoms with Gasteiger partial charge in [-0.2, -0.15) is 0 Å². The Bertz CT molecular complexity index is 838. The van der Waals surface area contributed by atoms with Crippen molar-refractivity contribution in [3.8, 4) is 5.75 Å². The maximum Gasteiger partial charge on any atom is 0.253 e. The molecular weight excluding hydrogens is 388 g/mol. The number of hydrogen-bond acceptors (Lipinski definition) is 3. The van der Waals surface area contributed by atoms with Crippen molar-refractivity contribution in [3.05, 3.63) is 64.7 Å². The van der Waals surface area contributed by atoms with Crippen LogP contribution in [0.3, 0.4) is 0 Å². The largest absolute Gasteiger partial charge is 0.497 e. The van der Waals surface area contributed by atoms with Crippen LogP contribution in [0.4, 0.5) is 0 Å². The van der Waals surface area contributed by atoms with Crippen LogP contribution >= 0.6 is 11.6 Å². The quantitative estimate of drug-likeness (QED) is 0.734. The number of methoxy groups -OCH3 is 1. The van der Waals surface area contributed by atoms with Crippen molar-refractivity contribution in [2.24, 2.45) is 5.92 Å². The van der Waals surface area contributed by atoms with E-state index < -0.39 is 0 Å². The van der Waals surface area contributed by atoms with E-state index in [1.54, 1.807) is 31.4 Å². The fourth-order valence-corrected chi connectivity index (χ4v) is 3.86. The maximum atomic E-state index is 12.8. The smallest absolute Gasteiger partial charge is 0.253 e. The first-order chi connectivity index (χ1) is 14.1. The molecule has 1 atom stereocenters. The number of benzene rings is 2. The lowest BCUT2D eigenvalue weighted by atomic mass is 9.92. The lowest BCUT2D eigenvalue weighted by Crippen LogP contribution is -2.40. The second-order valence-electron chi connectivity index (χ2n) is 7.39. The molecule has 0 bridgehead atoms. The second-order valence-corrected chi connectivity index (χ2v) is 7.80. The number of nitrogens with zero attached hydrogens (tertiary/aromatic N) is 1. The van der Waals surface area contributed by atoms with Crippen molar-refractivity contribution in [2.75, 3.05) is 20.2 Å². The van der Waals surface area contributed by atoms with Crippen LogP contribution in [0.5, 0.6) is 5.75 Å². The Kier molecular flexibility index (Phi) is 7.53. The van der Waals surface area contributed by atoms with Gasteiger partial charge in [-0.1, -0.05) is 29.8 Å². The van der Waals surface area contributed by atoms with Crippen molar-refractivity contribution < 1.29 is 14.3 Å². The van der Waals surface area contributed by atoms with Crippen molar-refractivity contribution in [2.45, 2.75) is 32.2 Å². The average molecular weight is 415 g/mol. The molecule has 1 saturated heterocycles. The van der Waals surface area contributed by atoms with Crippen LogP contribution in [0.15, 0.2) is 48.5 Å². The third-order valence-electron chi connectivity index (χ3n) is 5.36. The summed E-state index contributed by atoms with van der Waals surface area (Å²) in [5, 5.41) is 3.59. The highest BCUT2D eigenvalue weighted by atomic mass is 35.5. The molecule has 0 aliphatic carbocycles. The number of halogens is 1. The zero-order chi connectivity index (χ0) is 20.6. The van der Waals surface area contributed by atoms with Crippen LogP contribution in [-0.4, -0.2) is 36.9 Å². The predicted octanol–water partition coefficient (Wildman–Crippen LogP) is 4.30. The van der Waals surface area contributed by atoms with Crippen molar-refractivity contribution in [1.29, 1.82) is 0 Å². The first-order valence-corrected chi connectivity index (χ1v) is 10.4. The molecule has 1 fully saturated rings. The zero-order valence-corrected chi connectivity index (χ0v) is 17.5. The van der Waals surface area contributed by atoms with Gasteiger partial charge in [-0.05, 0) is 61.1 Å². The molecule has 2 aromatic carbocycles. The predicted molar refractivity (Wildman–Crippen MR) is 114 cm³/mol. The van der Waals surface area contributed by atoms with Gasteiger partial charge < -0.3 is 15.0 Å². The molecule has 1 aliphatic rings. The number of ether oxygens (including phenoxy) is 1. The van der Waals surface area contributed by atoms with Gasteiger partial charge >= 0.3 is 0 Å². The van der Waals surface area contributed by atoms with E-state index in [1.807, 2.05) is 29.2 Å². The van der Waals surface area contributed by atoms with Crippen LogP contribution in [0.2, 0.25) is 5.02 Å². The molecule has 0 unspecified atom stereocenters. The van der Waals surface area contributed by atoms with Crippen LogP contribution in [0.25, 0.3) is 0 Å². The molecule has 0 radical (unpaired) electrons. The van der Waals surface area contributed by atoms with Crippen LogP contribution in [0.1, 0.15) is 41.6 Å². The van der Waals surface area contributed by atoms with Crippen molar-refractivity contribution in [1.82, 2.24) is 10.2 Å². The van der Waals surface area contributed by atoms with Crippen LogP contribution < -0.4 is 10.1 Å². The van der Waals surface area contributed by atoms with E-state index in [4.69, 9.17) is 16.3 Å². The summed E-state index contributed by atoms with van der Waals surface area (Å²) >= 11 is 6.12. The Balaban J connectivity index is 1.46. The molecule has 1 N–H and O–H groups in total. The maximum absolute atomic E-state index is 12.8. The number of rotatable bonds is 7. The van der Waals surface area contributed by atoms with Gasteiger partial charge in [-0.25, -0.2) is 0 Å². The van der Waals surface area contributed by atoms with E-state index in [1.165, 1.54) is 0 Å². The number of amides is 2. The average Bonchev–Trinajstić information content (AvgIpc) is 2.77. The third kappa shape index (κ3) is 5.97. The van der Waals surface area contributed by atoms with E-state index >= 15 is 0 Å². The molecule has 1 heterocycles. The number of carbonyl (C=O) groups excluding carboxylic acids is 2. The van der Waals surface area contributed by atoms with Gasteiger partial charge in [-0.3, -0.25) is 9.59 Å². The number of likely N-dealkylation sites (tertiary alicyclic amines) is 1. The highest BCUT2D eigenvalue weighted by molar-refractivity contribution is 6.31. The molecule has 2 amide bonds. The molecular formula is C23H27ClN2O3. The summed E-state index contributed by atoms with van der Waals surface area (Å²) in [6, 6.07) is 14.7. The SMILES string of the molecule is COc1ccc(C(=O)N2CCC[C@@H](CCC(=O)NCc3ccccc3Cl)C2)cc1. The summed E-state index contributed by atoms with van der Waals surface area (Å²) in [7, 11) is 1.61. The van der Waals surface area contributed by atoms with Gasteiger partial charge in [0.05, 0.1) is 7.11 Å². The molecule has 3 rings (SSSR count). The Labute approximate surface area is 177 Å². The first kappa shape index (κ1) is 21.2. The second kappa shape index (κ2) is 10.3. The third-order valence-corrected chi connectivity index (χ3v) is 5.73. The summed E-state index contributed by atoms with van der Waals surface area (Å²) in [5.41, 5.74) is 1.58. The lowest BCUT2D eigenvalue weighted by Gasteiger charge is -2.33. The topological polar surface area (TPSA) is 58.6 Å². The summed E-state index contributed by atoms with van der Waals surface area (Å²) in [6.07, 6.45) is 3.25. The fraction of sp³-hybridized carbons (Fsp3) is 0.391. The van der Waals surface area contributed by atoms with Gasteiger partial charge in [0.25, 0.3) is 5.91 Å². The summed E-state index contributed by atoms with van der Waals surface area (Å²) in [6.45, 7) is 1.90. The van der Waals surface area contributed by atoms with E-state index in [9.17, 15) is 9.59 Å². The number of piperidine rings is 1. The van der Waals surface area contributed by atoms with E-state index in [0.29, 0.717) is 36.0 Å². The standard InChI is InChI=1S/C23H27ClN2O3/c1-29-20-11-9-18(10-12-20)23(28)26-14-4-5-17(16-26)8-13-22(27)25-15-19-6-2-3-7-21(19)24/h2-3,6-7,9-12,17H,4-5,8,13-16H2,1H3,(H,25,27)/t17-/m0/s1. The van der Waals surface area contributed by atoms with Gasteiger partial charge in [0.1, 0.15) is 5.75 Å². The summed E-state index contributed by atoms with van der Waals surface area (Å²) in [5.74, 6) is 1.14. The molecule has 154 valence electrons. The fourth-order valence-electron chi connectivity index (χ4n) is 3.66. The van der Waals surface area contributed by atoms with E-state index in [2.05, 4.69) is 5.32 Å². The molecule has 0 aromatic heterocycles. The highest BCUT2D eigenvalue weighted by Gasteiger charge is 2.25. The Morgan fingerprint density at radius 1 is 1.17 bits per heavy atom. The lowest BCUT2D eigenvalue weighted by molar-refractivity contribution is -0.121. The Hall–Kier alpha value is -2.53. The highest BCUT2D eigenvalue weighted by Crippen LogP contribution is 2.23. The minimum atomic E-state index is 0.0172. The first-order valence-electron chi connectivity index (χ1n) is 10.00. The van der Waals surface area contributed by atoms with Gasteiger partial charge in [-0.15, -0.1) is 0 Å². The molecule has 1 aliphatic heterocycles. The molecule has 0 saturated carbocycles. The number of carbonyl (C=O) groups is 2. The minimum absolute atomic E-state index is 0.0172. The minimum Gasteiger partial charge on any atom is -0.497 e. The van der Waals surface area contributed by atoms with Gasteiger partial charge in [0.15, 0.2) is 0 Å². The molecule has 0 spiro atoms. The monoisotopic (exact) mass is 414 g/mol. The molecule has 2 aromatic rings. The van der Waals surface area contributed by atoms with Gasteiger partial charge in [0.2, 0.25) is 5.91 Å². The van der Waals surface area contributed by atoms with E-state index in [0.717, 1.165) is 37.1 Å². The Morgan fingerprint density at radius 2 is 1.93 bits per heavy atom. The Morgan fingerprint density at radius 3 is 2.66 bits per heavy atom. The number of nitrogens with one attached hydrogen (secondary N) is 1. The molecule has 6 heteroatoms. The molecule has 29 heavy (non-hydrogen) atoms.